The monoisotopic (exact) mass is 418 g/mol. The van der Waals surface area contributed by atoms with Gasteiger partial charge in [-0.15, -0.1) is 0 Å². The fraction of sp³-hybridized carbons (Fsp3) is 0.154. The van der Waals surface area contributed by atoms with E-state index in [0.717, 1.165) is 5.69 Å². The van der Waals surface area contributed by atoms with Gasteiger partial charge in [0, 0.05) is 33.8 Å². The van der Waals surface area contributed by atoms with E-state index in [9.17, 15) is 8.42 Å². The average Bonchev–Trinajstić information content (AvgIpc) is 2.42. The van der Waals surface area contributed by atoms with E-state index in [0.29, 0.717) is 21.9 Å². The second kappa shape index (κ2) is 6.80. The summed E-state index contributed by atoms with van der Waals surface area (Å²) in [5, 5.41) is 0. The molecular weight excluding hydrogens is 408 g/mol. The zero-order valence-corrected chi connectivity index (χ0v) is 14.4. The van der Waals surface area contributed by atoms with Gasteiger partial charge in [0.25, 0.3) is 0 Å². The van der Waals surface area contributed by atoms with Gasteiger partial charge in [0.05, 0.1) is 4.90 Å². The van der Waals surface area contributed by atoms with Crippen LogP contribution in [0, 0.1) is 0 Å². The third kappa shape index (κ3) is 4.12. The summed E-state index contributed by atoms with van der Waals surface area (Å²) in [5.74, 6) is 0. The number of hydrogen-bond donors (Lipinski definition) is 1. The average molecular weight is 420 g/mol. The van der Waals surface area contributed by atoms with Gasteiger partial charge in [-0.1, -0.05) is 22.0 Å². The van der Waals surface area contributed by atoms with Gasteiger partial charge in [-0.2, -0.15) is 0 Å². The van der Waals surface area contributed by atoms with Crippen molar-refractivity contribution in [1.82, 2.24) is 9.71 Å². The van der Waals surface area contributed by atoms with Crippen LogP contribution in [-0.2, 0) is 16.4 Å². The molecule has 0 aliphatic heterocycles. The summed E-state index contributed by atoms with van der Waals surface area (Å²) >= 11 is 6.52. The van der Waals surface area contributed by atoms with Crippen molar-refractivity contribution in [1.29, 1.82) is 0 Å². The molecule has 0 saturated heterocycles. The third-order valence-electron chi connectivity index (χ3n) is 2.58. The van der Waals surface area contributed by atoms with E-state index < -0.39 is 10.0 Å². The van der Waals surface area contributed by atoms with E-state index in [1.165, 1.54) is 0 Å². The Kier molecular flexibility index (Phi) is 5.31. The molecule has 2 rings (SSSR count). The molecule has 0 bridgehead atoms. The molecule has 7 heteroatoms. The number of sulfonamides is 1. The minimum atomic E-state index is -3.54. The highest BCUT2D eigenvalue weighted by atomic mass is 79.9. The van der Waals surface area contributed by atoms with Gasteiger partial charge >= 0.3 is 0 Å². The molecule has 2 aromatic rings. The highest BCUT2D eigenvalue weighted by Gasteiger charge is 2.17. The summed E-state index contributed by atoms with van der Waals surface area (Å²) in [6, 6.07) is 10.6. The second-order valence-electron chi connectivity index (χ2n) is 4.04. The van der Waals surface area contributed by atoms with Gasteiger partial charge in [0.2, 0.25) is 10.0 Å². The molecule has 1 N–H and O–H groups in total. The molecule has 1 aromatic heterocycles. The largest absolute Gasteiger partial charge is 0.261 e. The predicted octanol–water partition coefficient (Wildman–Crippen LogP) is 3.13. The maximum absolute atomic E-state index is 12.2. The number of aromatic nitrogens is 1. The first-order valence-corrected chi connectivity index (χ1v) is 8.90. The molecule has 0 saturated carbocycles. The van der Waals surface area contributed by atoms with Crippen molar-refractivity contribution in [3.05, 3.63) is 57.2 Å². The first-order chi connectivity index (χ1) is 9.49. The molecular formula is C13H12Br2N2O2S. The van der Waals surface area contributed by atoms with Gasteiger partial charge in [-0.05, 0) is 46.3 Å². The summed E-state index contributed by atoms with van der Waals surface area (Å²) in [6.07, 6.45) is 2.24. The zero-order chi connectivity index (χ0) is 14.6. The molecule has 0 aliphatic carbocycles. The molecule has 0 radical (unpaired) electrons. The van der Waals surface area contributed by atoms with E-state index in [4.69, 9.17) is 0 Å². The fourth-order valence-corrected chi connectivity index (χ4v) is 4.15. The quantitative estimate of drug-likeness (QED) is 0.809. The third-order valence-corrected chi connectivity index (χ3v) is 5.53. The van der Waals surface area contributed by atoms with E-state index in [1.54, 1.807) is 24.4 Å². The van der Waals surface area contributed by atoms with Gasteiger partial charge in [-0.25, -0.2) is 13.1 Å². The topological polar surface area (TPSA) is 59.1 Å². The number of hydrogen-bond acceptors (Lipinski definition) is 3. The lowest BCUT2D eigenvalue weighted by Crippen LogP contribution is -2.26. The zero-order valence-electron chi connectivity index (χ0n) is 10.4. The Morgan fingerprint density at radius 3 is 2.65 bits per heavy atom. The first kappa shape index (κ1) is 15.6. The van der Waals surface area contributed by atoms with Gasteiger partial charge in [0.15, 0.2) is 0 Å². The Balaban J connectivity index is 2.06. The summed E-state index contributed by atoms with van der Waals surface area (Å²) in [5.41, 5.74) is 0.850. The van der Waals surface area contributed by atoms with Crippen LogP contribution in [-0.4, -0.2) is 19.9 Å². The van der Waals surface area contributed by atoms with Crippen LogP contribution in [0.5, 0.6) is 0 Å². The van der Waals surface area contributed by atoms with Crippen LogP contribution in [0.25, 0.3) is 0 Å². The van der Waals surface area contributed by atoms with E-state index in [1.807, 2.05) is 18.2 Å². The van der Waals surface area contributed by atoms with Crippen molar-refractivity contribution in [2.24, 2.45) is 0 Å². The molecule has 0 unspecified atom stereocenters. The maximum Gasteiger partial charge on any atom is 0.241 e. The lowest BCUT2D eigenvalue weighted by Gasteiger charge is -2.08. The normalized spacial score (nSPS) is 11.5. The van der Waals surface area contributed by atoms with Gasteiger partial charge in [0.1, 0.15) is 0 Å². The van der Waals surface area contributed by atoms with Crippen LogP contribution in [0.4, 0.5) is 0 Å². The lowest BCUT2D eigenvalue weighted by molar-refractivity contribution is 0.580. The van der Waals surface area contributed by atoms with Crippen molar-refractivity contribution in [2.75, 3.05) is 6.54 Å². The molecule has 1 aromatic carbocycles. The molecule has 4 nitrogen and oxygen atoms in total. The molecule has 0 aliphatic rings. The van der Waals surface area contributed by atoms with Crippen molar-refractivity contribution >= 4 is 41.9 Å². The Hall–Kier alpha value is -0.760. The standard InChI is InChI=1S/C13H12Br2N2O2S/c14-10-4-5-12(15)13(9-10)20(18,19)17-8-6-11-3-1-2-7-16-11/h1-5,7,9,17H,6,8H2. The molecule has 0 atom stereocenters. The van der Waals surface area contributed by atoms with Crippen LogP contribution in [0.1, 0.15) is 5.69 Å². The SMILES string of the molecule is O=S(=O)(NCCc1ccccn1)c1cc(Br)ccc1Br. The second-order valence-corrected chi connectivity index (χ2v) is 7.55. The number of nitrogens with one attached hydrogen (secondary N) is 1. The molecule has 20 heavy (non-hydrogen) atoms. The van der Waals surface area contributed by atoms with Gasteiger partial charge < -0.3 is 0 Å². The molecule has 0 spiro atoms. The van der Waals surface area contributed by atoms with Crippen LogP contribution >= 0.6 is 31.9 Å². The van der Waals surface area contributed by atoms with Crippen molar-refractivity contribution in [2.45, 2.75) is 11.3 Å². The number of benzene rings is 1. The Labute approximate surface area is 134 Å². The summed E-state index contributed by atoms with van der Waals surface area (Å²) < 4.78 is 28.2. The number of pyridine rings is 1. The lowest BCUT2D eigenvalue weighted by atomic mass is 10.3. The maximum atomic E-state index is 12.2. The Morgan fingerprint density at radius 2 is 1.95 bits per heavy atom. The molecule has 106 valence electrons. The highest BCUT2D eigenvalue weighted by Crippen LogP contribution is 2.25. The predicted molar refractivity (Wildman–Crippen MR) is 85.0 cm³/mol. The molecule has 0 amide bonds. The Morgan fingerprint density at radius 1 is 1.15 bits per heavy atom. The van der Waals surface area contributed by atoms with Crippen LogP contribution < -0.4 is 4.72 Å². The van der Waals surface area contributed by atoms with Gasteiger partial charge in [-0.3, -0.25) is 4.98 Å². The number of halogens is 2. The summed E-state index contributed by atoms with van der Waals surface area (Å²) in [7, 11) is -3.54. The fourth-order valence-electron chi connectivity index (χ4n) is 1.62. The van der Waals surface area contributed by atoms with Crippen molar-refractivity contribution < 1.29 is 8.42 Å². The summed E-state index contributed by atoms with van der Waals surface area (Å²) in [4.78, 5) is 4.37. The van der Waals surface area contributed by atoms with E-state index in [2.05, 4.69) is 41.6 Å². The molecule has 0 fully saturated rings. The number of rotatable bonds is 5. The highest BCUT2D eigenvalue weighted by molar-refractivity contribution is 9.11. The minimum Gasteiger partial charge on any atom is -0.261 e. The van der Waals surface area contributed by atoms with Crippen molar-refractivity contribution in [3.63, 3.8) is 0 Å². The van der Waals surface area contributed by atoms with Crippen LogP contribution in [0.3, 0.4) is 0 Å². The number of nitrogens with zero attached hydrogens (tertiary/aromatic N) is 1. The summed E-state index contributed by atoms with van der Waals surface area (Å²) in [6.45, 7) is 0.304. The van der Waals surface area contributed by atoms with Crippen molar-refractivity contribution in [3.8, 4) is 0 Å². The van der Waals surface area contributed by atoms with E-state index >= 15 is 0 Å². The molecule has 1 heterocycles. The Bertz CT molecular complexity index is 691. The smallest absolute Gasteiger partial charge is 0.241 e. The minimum absolute atomic E-state index is 0.216. The first-order valence-electron chi connectivity index (χ1n) is 5.84. The van der Waals surface area contributed by atoms with Crippen LogP contribution in [0.2, 0.25) is 0 Å². The van der Waals surface area contributed by atoms with E-state index in [-0.39, 0.29) is 4.90 Å². The van der Waals surface area contributed by atoms with Crippen LogP contribution in [0.15, 0.2) is 56.4 Å².